The second kappa shape index (κ2) is 6.60. The number of nitrogens with one attached hydrogen (secondary N) is 1. The van der Waals surface area contributed by atoms with Crippen LogP contribution in [0.3, 0.4) is 0 Å². The molecule has 0 atom stereocenters. The highest BCUT2D eigenvalue weighted by Crippen LogP contribution is 2.11. The number of carbonyl (C=O) groups excluding carboxylic acids is 1. The van der Waals surface area contributed by atoms with Crippen molar-refractivity contribution in [1.29, 1.82) is 0 Å². The summed E-state index contributed by atoms with van der Waals surface area (Å²) >= 11 is 1.67. The van der Waals surface area contributed by atoms with Crippen LogP contribution in [0, 0.1) is 6.92 Å². The molecule has 1 N–H and O–H groups in total. The number of nitrogens with zero attached hydrogens (tertiary/aromatic N) is 2. The van der Waals surface area contributed by atoms with Gasteiger partial charge in [-0.2, -0.15) is 0 Å². The number of hydrogen-bond donors (Lipinski definition) is 1. The van der Waals surface area contributed by atoms with E-state index in [0.717, 1.165) is 25.2 Å². The molecule has 0 radical (unpaired) electrons. The van der Waals surface area contributed by atoms with Crippen molar-refractivity contribution >= 4 is 17.2 Å². The number of amides is 1. The van der Waals surface area contributed by atoms with Crippen molar-refractivity contribution in [3.8, 4) is 0 Å². The van der Waals surface area contributed by atoms with Crippen LogP contribution >= 0.6 is 11.3 Å². The first-order valence-electron chi connectivity index (χ1n) is 5.41. The van der Waals surface area contributed by atoms with E-state index in [9.17, 15) is 4.79 Å². The van der Waals surface area contributed by atoms with Gasteiger partial charge >= 0.3 is 0 Å². The number of thiazole rings is 1. The molecule has 4 nitrogen and oxygen atoms in total. The Kier molecular flexibility index (Phi) is 5.42. The molecule has 1 rings (SSSR count). The molecule has 0 saturated carbocycles. The molecule has 0 aromatic carbocycles. The van der Waals surface area contributed by atoms with Gasteiger partial charge < -0.3 is 10.2 Å². The molecule has 0 spiro atoms. The van der Waals surface area contributed by atoms with Crippen LogP contribution in [0.2, 0.25) is 0 Å². The zero-order chi connectivity index (χ0) is 12.0. The van der Waals surface area contributed by atoms with Crippen LogP contribution < -0.4 is 5.32 Å². The average molecular weight is 241 g/mol. The topological polar surface area (TPSA) is 45.2 Å². The third-order valence-electron chi connectivity index (χ3n) is 2.37. The molecule has 0 aliphatic carbocycles. The molecule has 0 unspecified atom stereocenters. The lowest BCUT2D eigenvalue weighted by Gasteiger charge is -2.09. The summed E-state index contributed by atoms with van der Waals surface area (Å²) in [5, 5.41) is 3.32. The first-order valence-corrected chi connectivity index (χ1v) is 6.29. The number of aryl methyl sites for hydroxylation is 1. The summed E-state index contributed by atoms with van der Waals surface area (Å²) < 4.78 is 0. The predicted octanol–water partition coefficient (Wildman–Crippen LogP) is 1.41. The van der Waals surface area contributed by atoms with E-state index in [2.05, 4.69) is 10.3 Å². The van der Waals surface area contributed by atoms with Gasteiger partial charge in [-0.05, 0) is 19.9 Å². The Morgan fingerprint density at radius 3 is 2.88 bits per heavy atom. The molecule has 1 amide bonds. The molecule has 0 aliphatic heterocycles. The molecule has 0 bridgehead atoms. The molecule has 1 aromatic rings. The van der Waals surface area contributed by atoms with E-state index < -0.39 is 0 Å². The first kappa shape index (κ1) is 13.1. The summed E-state index contributed by atoms with van der Waals surface area (Å²) in [5.41, 5.74) is 2.96. The monoisotopic (exact) mass is 241 g/mol. The Bertz CT molecular complexity index is 336. The van der Waals surface area contributed by atoms with E-state index in [1.807, 2.05) is 12.4 Å². The lowest BCUT2D eigenvalue weighted by atomic mass is 10.3. The van der Waals surface area contributed by atoms with Crippen LogP contribution in [-0.2, 0) is 11.3 Å². The Hall–Kier alpha value is -0.940. The molecule has 1 aromatic heterocycles. The van der Waals surface area contributed by atoms with Crippen molar-refractivity contribution < 1.29 is 4.79 Å². The van der Waals surface area contributed by atoms with Gasteiger partial charge in [-0.25, -0.2) is 4.98 Å². The van der Waals surface area contributed by atoms with Crippen molar-refractivity contribution in [2.24, 2.45) is 0 Å². The van der Waals surface area contributed by atoms with Crippen molar-refractivity contribution in [2.75, 3.05) is 20.6 Å². The third kappa shape index (κ3) is 4.28. The average Bonchev–Trinajstić information content (AvgIpc) is 2.63. The largest absolute Gasteiger partial charge is 0.349 e. The predicted molar refractivity (Wildman–Crippen MR) is 66.5 cm³/mol. The summed E-state index contributed by atoms with van der Waals surface area (Å²) in [6, 6.07) is 0. The van der Waals surface area contributed by atoms with E-state index in [-0.39, 0.29) is 5.91 Å². The minimum atomic E-state index is 0.191. The van der Waals surface area contributed by atoms with Gasteiger partial charge in [0.05, 0.1) is 11.2 Å². The zero-order valence-electron chi connectivity index (χ0n) is 10.1. The van der Waals surface area contributed by atoms with Crippen LogP contribution in [0.1, 0.15) is 23.4 Å². The van der Waals surface area contributed by atoms with Crippen LogP contribution in [0.15, 0.2) is 5.51 Å². The summed E-state index contributed by atoms with van der Waals surface area (Å²) in [6.07, 6.45) is 1.50. The normalized spacial score (nSPS) is 10.4. The SMILES string of the molecule is Cc1ncsc1CNCCCC(=O)N(C)C. The summed E-state index contributed by atoms with van der Waals surface area (Å²) in [7, 11) is 3.58. The van der Waals surface area contributed by atoms with Gasteiger partial charge in [0.2, 0.25) is 5.91 Å². The lowest BCUT2D eigenvalue weighted by molar-refractivity contribution is -0.128. The number of carbonyl (C=O) groups is 1. The van der Waals surface area contributed by atoms with Crippen molar-refractivity contribution in [3.63, 3.8) is 0 Å². The van der Waals surface area contributed by atoms with E-state index in [0.29, 0.717) is 6.42 Å². The van der Waals surface area contributed by atoms with Gasteiger partial charge in [0.25, 0.3) is 0 Å². The number of rotatable bonds is 6. The van der Waals surface area contributed by atoms with E-state index in [1.165, 1.54) is 4.88 Å². The smallest absolute Gasteiger partial charge is 0.222 e. The molecule has 5 heteroatoms. The van der Waals surface area contributed by atoms with Crippen molar-refractivity contribution in [3.05, 3.63) is 16.1 Å². The fourth-order valence-corrected chi connectivity index (χ4v) is 2.03. The summed E-state index contributed by atoms with van der Waals surface area (Å²) in [6.45, 7) is 3.74. The van der Waals surface area contributed by atoms with E-state index >= 15 is 0 Å². The molecule has 1 heterocycles. The van der Waals surface area contributed by atoms with Crippen LogP contribution in [0.25, 0.3) is 0 Å². The third-order valence-corrected chi connectivity index (χ3v) is 3.31. The summed E-state index contributed by atoms with van der Waals surface area (Å²) in [5.74, 6) is 0.191. The summed E-state index contributed by atoms with van der Waals surface area (Å²) in [4.78, 5) is 18.4. The van der Waals surface area contributed by atoms with Gasteiger partial charge in [0, 0.05) is 31.9 Å². The second-order valence-corrected chi connectivity index (χ2v) is 4.87. The van der Waals surface area contributed by atoms with Gasteiger partial charge in [-0.15, -0.1) is 11.3 Å². The lowest BCUT2D eigenvalue weighted by Crippen LogP contribution is -2.23. The van der Waals surface area contributed by atoms with E-state index in [1.54, 1.807) is 30.3 Å². The van der Waals surface area contributed by atoms with Gasteiger partial charge in [-0.3, -0.25) is 4.79 Å². The highest BCUT2D eigenvalue weighted by molar-refractivity contribution is 7.09. The zero-order valence-corrected chi connectivity index (χ0v) is 10.9. The van der Waals surface area contributed by atoms with Crippen molar-refractivity contribution in [1.82, 2.24) is 15.2 Å². The van der Waals surface area contributed by atoms with Crippen molar-refractivity contribution in [2.45, 2.75) is 26.3 Å². The first-order chi connectivity index (χ1) is 7.61. The quantitative estimate of drug-likeness (QED) is 0.766. The fourth-order valence-electron chi connectivity index (χ4n) is 1.29. The fraction of sp³-hybridized carbons (Fsp3) is 0.636. The number of hydrogen-bond acceptors (Lipinski definition) is 4. The molecule has 0 saturated heterocycles. The number of aromatic nitrogens is 1. The highest BCUT2D eigenvalue weighted by atomic mass is 32.1. The molecule has 0 fully saturated rings. The van der Waals surface area contributed by atoms with Crippen LogP contribution in [0.5, 0.6) is 0 Å². The van der Waals surface area contributed by atoms with Gasteiger partial charge in [0.15, 0.2) is 0 Å². The van der Waals surface area contributed by atoms with Crippen LogP contribution in [0.4, 0.5) is 0 Å². The Morgan fingerprint density at radius 2 is 2.31 bits per heavy atom. The molecular formula is C11H19N3OS. The molecule has 0 aliphatic rings. The van der Waals surface area contributed by atoms with Gasteiger partial charge in [-0.1, -0.05) is 0 Å². The standard InChI is InChI=1S/C11H19N3OS/c1-9-10(16-8-13-9)7-12-6-4-5-11(15)14(2)3/h8,12H,4-7H2,1-3H3. The van der Waals surface area contributed by atoms with Gasteiger partial charge in [0.1, 0.15) is 0 Å². The maximum Gasteiger partial charge on any atom is 0.222 e. The molecular weight excluding hydrogens is 222 g/mol. The Balaban J connectivity index is 2.09. The Morgan fingerprint density at radius 1 is 1.56 bits per heavy atom. The minimum Gasteiger partial charge on any atom is -0.349 e. The second-order valence-electron chi connectivity index (χ2n) is 3.93. The maximum absolute atomic E-state index is 11.3. The maximum atomic E-state index is 11.3. The molecule has 16 heavy (non-hydrogen) atoms. The Labute approximate surface area is 101 Å². The molecule has 90 valence electrons. The highest BCUT2D eigenvalue weighted by Gasteiger charge is 2.03. The van der Waals surface area contributed by atoms with E-state index in [4.69, 9.17) is 0 Å². The minimum absolute atomic E-state index is 0.191. The van der Waals surface area contributed by atoms with Crippen LogP contribution in [-0.4, -0.2) is 36.4 Å².